The fourth-order valence-electron chi connectivity index (χ4n) is 3.13. The summed E-state index contributed by atoms with van der Waals surface area (Å²) in [5, 5.41) is 9.13. The Morgan fingerprint density at radius 1 is 1.15 bits per heavy atom. The third-order valence-corrected chi connectivity index (χ3v) is 6.27. The van der Waals surface area contributed by atoms with Gasteiger partial charge >= 0.3 is 0 Å². The number of amides is 1. The molecular weight excluding hydrogens is 364 g/mol. The van der Waals surface area contributed by atoms with Gasteiger partial charge in [0.25, 0.3) is 5.91 Å². The van der Waals surface area contributed by atoms with Crippen LogP contribution in [0.25, 0.3) is 0 Å². The molecule has 0 aliphatic carbocycles. The summed E-state index contributed by atoms with van der Waals surface area (Å²) in [6.45, 7) is 0.0746. The average Bonchev–Trinajstić information content (AvgIpc) is 3.04. The third kappa shape index (κ3) is 4.86. The van der Waals surface area contributed by atoms with Gasteiger partial charge in [-0.25, -0.2) is 8.42 Å². The number of hydrogen-bond donors (Lipinski definition) is 0. The number of carbonyl (C=O) groups excluding carboxylic acids is 1. The molecule has 3 rings (SSSR count). The van der Waals surface area contributed by atoms with Crippen LogP contribution in [0.5, 0.6) is 5.75 Å². The Kier molecular flexibility index (Phi) is 5.77. The second-order valence-corrected chi connectivity index (χ2v) is 8.69. The number of nitriles is 1. The molecule has 0 spiro atoms. The standard InChI is InChI=1S/C20H20N2O4S/c21-12-17-8-4-5-9-19(17)26-14-20(23)22(13-16-6-2-1-3-7-16)18-10-11-27(24,25)15-18/h1-9,18H,10-11,13-15H2/t18-/m1/s1. The lowest BCUT2D eigenvalue weighted by Gasteiger charge is -2.28. The first-order valence-corrected chi connectivity index (χ1v) is 10.5. The Hall–Kier alpha value is -2.85. The molecule has 1 heterocycles. The molecule has 0 radical (unpaired) electrons. The molecule has 6 nitrogen and oxygen atoms in total. The first-order chi connectivity index (χ1) is 13.0. The number of hydrogen-bond acceptors (Lipinski definition) is 5. The van der Waals surface area contributed by atoms with Crippen molar-refractivity contribution in [1.29, 1.82) is 5.26 Å². The van der Waals surface area contributed by atoms with Crippen molar-refractivity contribution < 1.29 is 17.9 Å². The normalized spacial score (nSPS) is 17.8. The highest BCUT2D eigenvalue weighted by molar-refractivity contribution is 7.91. The van der Waals surface area contributed by atoms with E-state index < -0.39 is 9.84 Å². The predicted octanol–water partition coefficient (Wildman–Crippen LogP) is 2.15. The maximum atomic E-state index is 12.8. The van der Waals surface area contributed by atoms with Crippen molar-refractivity contribution in [3.63, 3.8) is 0 Å². The lowest BCUT2D eigenvalue weighted by atomic mass is 10.1. The SMILES string of the molecule is N#Cc1ccccc1OCC(=O)N(Cc1ccccc1)[C@@H]1CCS(=O)(=O)C1. The molecule has 27 heavy (non-hydrogen) atoms. The number of ether oxygens (including phenoxy) is 1. The molecule has 0 saturated carbocycles. The molecule has 2 aromatic carbocycles. The van der Waals surface area contributed by atoms with E-state index in [4.69, 9.17) is 10.00 Å². The van der Waals surface area contributed by atoms with Crippen LogP contribution in [0.15, 0.2) is 54.6 Å². The molecule has 0 aromatic heterocycles. The van der Waals surface area contributed by atoms with Crippen molar-refractivity contribution in [2.45, 2.75) is 19.0 Å². The van der Waals surface area contributed by atoms with Crippen LogP contribution in [0.3, 0.4) is 0 Å². The van der Waals surface area contributed by atoms with Gasteiger partial charge in [-0.15, -0.1) is 0 Å². The van der Waals surface area contributed by atoms with Crippen LogP contribution in [-0.2, 0) is 21.2 Å². The van der Waals surface area contributed by atoms with E-state index in [2.05, 4.69) is 0 Å². The molecule has 7 heteroatoms. The van der Waals surface area contributed by atoms with E-state index in [9.17, 15) is 13.2 Å². The van der Waals surface area contributed by atoms with Gasteiger partial charge in [0.15, 0.2) is 16.4 Å². The van der Waals surface area contributed by atoms with Crippen LogP contribution >= 0.6 is 0 Å². The van der Waals surface area contributed by atoms with E-state index in [1.165, 1.54) is 0 Å². The highest BCUT2D eigenvalue weighted by Crippen LogP contribution is 2.21. The van der Waals surface area contributed by atoms with Crippen LogP contribution in [0.4, 0.5) is 0 Å². The van der Waals surface area contributed by atoms with Crippen molar-refractivity contribution in [3.8, 4) is 11.8 Å². The van der Waals surface area contributed by atoms with Crippen molar-refractivity contribution in [3.05, 3.63) is 65.7 Å². The molecule has 1 atom stereocenters. The Bertz CT molecular complexity index is 951. The molecule has 1 fully saturated rings. The molecule has 2 aromatic rings. The molecule has 1 saturated heterocycles. The molecule has 0 bridgehead atoms. The Balaban J connectivity index is 1.75. The van der Waals surface area contributed by atoms with E-state index in [1.807, 2.05) is 36.4 Å². The van der Waals surface area contributed by atoms with Gasteiger partial charge in [0, 0.05) is 12.6 Å². The molecule has 1 amide bonds. The quantitative estimate of drug-likeness (QED) is 0.762. The van der Waals surface area contributed by atoms with Crippen LogP contribution in [0.1, 0.15) is 17.5 Å². The number of carbonyl (C=O) groups is 1. The zero-order valence-corrected chi connectivity index (χ0v) is 15.6. The predicted molar refractivity (Wildman–Crippen MR) is 101 cm³/mol. The largest absolute Gasteiger partial charge is 0.482 e. The maximum absolute atomic E-state index is 12.8. The monoisotopic (exact) mass is 384 g/mol. The smallest absolute Gasteiger partial charge is 0.261 e. The van der Waals surface area contributed by atoms with Gasteiger partial charge < -0.3 is 9.64 Å². The lowest BCUT2D eigenvalue weighted by Crippen LogP contribution is -2.43. The van der Waals surface area contributed by atoms with Gasteiger partial charge in [-0.3, -0.25) is 4.79 Å². The molecular formula is C20H20N2O4S. The van der Waals surface area contributed by atoms with Crippen LogP contribution in [-0.4, -0.2) is 43.4 Å². The first-order valence-electron chi connectivity index (χ1n) is 8.64. The number of sulfone groups is 1. The summed E-state index contributed by atoms with van der Waals surface area (Å²) in [6, 6.07) is 17.8. The summed E-state index contributed by atoms with van der Waals surface area (Å²) in [7, 11) is -3.12. The third-order valence-electron chi connectivity index (χ3n) is 4.52. The first kappa shape index (κ1) is 18.9. The summed E-state index contributed by atoms with van der Waals surface area (Å²) in [4.78, 5) is 14.4. The summed E-state index contributed by atoms with van der Waals surface area (Å²) in [5.74, 6) is 0.107. The Labute approximate surface area is 158 Å². The van der Waals surface area contributed by atoms with Gasteiger partial charge in [0.2, 0.25) is 0 Å². The minimum absolute atomic E-state index is 0.0274. The molecule has 1 aliphatic heterocycles. The fourth-order valence-corrected chi connectivity index (χ4v) is 4.86. The van der Waals surface area contributed by atoms with Crippen LogP contribution < -0.4 is 4.74 Å². The van der Waals surface area contributed by atoms with Gasteiger partial charge in [-0.2, -0.15) is 5.26 Å². The number of para-hydroxylation sites is 1. The van der Waals surface area contributed by atoms with Crippen molar-refractivity contribution in [1.82, 2.24) is 4.90 Å². The summed E-state index contributed by atoms with van der Waals surface area (Å²) >= 11 is 0. The Morgan fingerprint density at radius 3 is 2.52 bits per heavy atom. The molecule has 0 N–H and O–H groups in total. The zero-order valence-electron chi connectivity index (χ0n) is 14.7. The van der Waals surface area contributed by atoms with Gasteiger partial charge in [0.1, 0.15) is 11.8 Å². The van der Waals surface area contributed by atoms with E-state index in [-0.39, 0.29) is 30.1 Å². The van der Waals surface area contributed by atoms with Gasteiger partial charge in [-0.05, 0) is 24.1 Å². The topological polar surface area (TPSA) is 87.5 Å². The van der Waals surface area contributed by atoms with E-state index in [0.717, 1.165) is 5.56 Å². The highest BCUT2D eigenvalue weighted by Gasteiger charge is 2.34. The Morgan fingerprint density at radius 2 is 1.85 bits per heavy atom. The van der Waals surface area contributed by atoms with Crippen molar-refractivity contribution in [2.24, 2.45) is 0 Å². The number of benzene rings is 2. The van der Waals surface area contributed by atoms with Crippen molar-refractivity contribution >= 4 is 15.7 Å². The summed E-state index contributed by atoms with van der Waals surface area (Å²) in [6.07, 6.45) is 0.426. The van der Waals surface area contributed by atoms with E-state index in [1.54, 1.807) is 29.2 Å². The minimum atomic E-state index is -3.12. The second kappa shape index (κ2) is 8.23. The minimum Gasteiger partial charge on any atom is -0.482 e. The maximum Gasteiger partial charge on any atom is 0.261 e. The summed E-state index contributed by atoms with van der Waals surface area (Å²) < 4.78 is 29.3. The van der Waals surface area contributed by atoms with Crippen LogP contribution in [0.2, 0.25) is 0 Å². The van der Waals surface area contributed by atoms with E-state index >= 15 is 0 Å². The van der Waals surface area contributed by atoms with E-state index in [0.29, 0.717) is 24.3 Å². The second-order valence-electron chi connectivity index (χ2n) is 6.46. The summed E-state index contributed by atoms with van der Waals surface area (Å²) in [5.41, 5.74) is 1.27. The zero-order chi connectivity index (χ0) is 19.3. The molecule has 140 valence electrons. The molecule has 1 aliphatic rings. The number of rotatable bonds is 6. The van der Waals surface area contributed by atoms with Crippen LogP contribution in [0, 0.1) is 11.3 Å². The average molecular weight is 384 g/mol. The molecule has 0 unspecified atom stereocenters. The fraction of sp³-hybridized carbons (Fsp3) is 0.300. The van der Waals surface area contributed by atoms with Crippen molar-refractivity contribution in [2.75, 3.05) is 18.1 Å². The lowest BCUT2D eigenvalue weighted by molar-refractivity contribution is -0.136. The van der Waals surface area contributed by atoms with Gasteiger partial charge in [-0.1, -0.05) is 42.5 Å². The van der Waals surface area contributed by atoms with Gasteiger partial charge in [0.05, 0.1) is 17.1 Å². The number of nitrogens with zero attached hydrogens (tertiary/aromatic N) is 2. The highest BCUT2D eigenvalue weighted by atomic mass is 32.2.